The molecular weight excluding hydrogens is 366 g/mol. The molecule has 0 saturated carbocycles. The van der Waals surface area contributed by atoms with E-state index in [0.29, 0.717) is 0 Å². The van der Waals surface area contributed by atoms with E-state index in [9.17, 15) is 0 Å². The van der Waals surface area contributed by atoms with Crippen molar-refractivity contribution in [3.8, 4) is 0 Å². The Morgan fingerprint density at radius 3 is 2.71 bits per heavy atom. The number of likely N-dealkylation sites (N-methyl/N-ethyl adjacent to an activating group) is 1. The third-order valence-electron chi connectivity index (χ3n) is 6.10. The first-order valence-corrected chi connectivity index (χ1v) is 11.7. The second kappa shape index (κ2) is 8.70. The molecule has 0 bridgehead atoms. The van der Waals surface area contributed by atoms with Crippen molar-refractivity contribution in [2.75, 3.05) is 31.5 Å². The van der Waals surface area contributed by atoms with Crippen LogP contribution in [0.5, 0.6) is 0 Å². The maximum Gasteiger partial charge on any atom is 0.147 e. The standard InChI is InChI=1S/C22H31N5S/c1-4-7-11-17-15-9-8-10-16(15)18-19-20(28-22(18)26-17)21(25-14-24-19)23-12-13-27(5-2)6-3/h14H,4-13H2,1-3H3,(H,23,24,25)/p+1. The lowest BCUT2D eigenvalue weighted by Gasteiger charge is -2.15. The van der Waals surface area contributed by atoms with E-state index < -0.39 is 0 Å². The van der Waals surface area contributed by atoms with Gasteiger partial charge in [0, 0.05) is 11.1 Å². The van der Waals surface area contributed by atoms with Crippen LogP contribution in [-0.4, -0.2) is 41.1 Å². The van der Waals surface area contributed by atoms with Crippen LogP contribution in [0.2, 0.25) is 0 Å². The van der Waals surface area contributed by atoms with E-state index in [1.54, 1.807) is 22.6 Å². The van der Waals surface area contributed by atoms with Crippen LogP contribution in [0.1, 0.15) is 56.9 Å². The Kier molecular flexibility index (Phi) is 6.07. The van der Waals surface area contributed by atoms with Gasteiger partial charge in [0.05, 0.1) is 36.4 Å². The number of hydrogen-bond acceptors (Lipinski definition) is 5. The smallest absolute Gasteiger partial charge is 0.147 e. The molecule has 0 aromatic carbocycles. The Hall–Kier alpha value is -1.79. The number of thiophene rings is 1. The van der Waals surface area contributed by atoms with E-state index in [2.05, 4.69) is 36.1 Å². The number of fused-ring (bicyclic) bond motifs is 5. The molecule has 28 heavy (non-hydrogen) atoms. The van der Waals surface area contributed by atoms with Gasteiger partial charge in [-0.05, 0) is 57.1 Å². The predicted octanol–water partition coefficient (Wildman–Crippen LogP) is 3.41. The molecule has 3 aromatic heterocycles. The van der Waals surface area contributed by atoms with Gasteiger partial charge in [-0.1, -0.05) is 13.3 Å². The van der Waals surface area contributed by atoms with Crippen LogP contribution in [-0.2, 0) is 19.3 Å². The van der Waals surface area contributed by atoms with E-state index in [4.69, 9.17) is 4.98 Å². The quantitative estimate of drug-likeness (QED) is 0.580. The highest BCUT2D eigenvalue weighted by atomic mass is 32.1. The summed E-state index contributed by atoms with van der Waals surface area (Å²) < 4.78 is 1.17. The molecule has 0 unspecified atom stereocenters. The maximum absolute atomic E-state index is 5.12. The zero-order chi connectivity index (χ0) is 19.5. The molecule has 0 atom stereocenters. The van der Waals surface area contributed by atoms with Crippen molar-refractivity contribution in [1.29, 1.82) is 0 Å². The molecule has 2 N–H and O–H groups in total. The number of anilines is 1. The molecule has 1 aliphatic rings. The largest absolute Gasteiger partial charge is 0.363 e. The molecule has 3 heterocycles. The Morgan fingerprint density at radius 1 is 1.11 bits per heavy atom. The Labute approximate surface area is 171 Å². The first-order chi connectivity index (χ1) is 13.8. The Balaban J connectivity index is 1.71. The Morgan fingerprint density at radius 2 is 1.93 bits per heavy atom. The maximum atomic E-state index is 5.12. The van der Waals surface area contributed by atoms with Crippen molar-refractivity contribution in [2.45, 2.75) is 59.3 Å². The molecule has 6 heteroatoms. The number of unbranched alkanes of at least 4 members (excludes halogenated alkanes) is 1. The summed E-state index contributed by atoms with van der Waals surface area (Å²) >= 11 is 1.77. The highest BCUT2D eigenvalue weighted by Crippen LogP contribution is 2.41. The molecule has 0 saturated heterocycles. The predicted molar refractivity (Wildman–Crippen MR) is 119 cm³/mol. The third kappa shape index (κ3) is 3.60. The van der Waals surface area contributed by atoms with Crippen molar-refractivity contribution < 1.29 is 4.90 Å². The van der Waals surface area contributed by atoms with Crippen LogP contribution in [0.3, 0.4) is 0 Å². The van der Waals surface area contributed by atoms with E-state index in [1.165, 1.54) is 52.6 Å². The molecule has 0 aliphatic heterocycles. The molecule has 5 nitrogen and oxygen atoms in total. The summed E-state index contributed by atoms with van der Waals surface area (Å²) in [6, 6.07) is 0. The number of aryl methyl sites for hydroxylation is 2. The highest BCUT2D eigenvalue weighted by molar-refractivity contribution is 7.26. The van der Waals surface area contributed by atoms with Gasteiger partial charge in [0.2, 0.25) is 0 Å². The van der Waals surface area contributed by atoms with Gasteiger partial charge in [-0.25, -0.2) is 15.0 Å². The molecule has 0 fully saturated rings. The van der Waals surface area contributed by atoms with Crippen LogP contribution < -0.4 is 10.2 Å². The number of nitrogens with one attached hydrogen (secondary N) is 2. The molecule has 150 valence electrons. The van der Waals surface area contributed by atoms with Gasteiger partial charge in [0.1, 0.15) is 17.0 Å². The molecule has 1 aliphatic carbocycles. The van der Waals surface area contributed by atoms with Crippen LogP contribution in [0.25, 0.3) is 20.4 Å². The first kappa shape index (κ1) is 19.5. The summed E-state index contributed by atoms with van der Waals surface area (Å²) in [5.41, 5.74) is 5.46. The van der Waals surface area contributed by atoms with E-state index in [-0.39, 0.29) is 0 Å². The monoisotopic (exact) mass is 398 g/mol. The van der Waals surface area contributed by atoms with Gasteiger partial charge in [-0.3, -0.25) is 0 Å². The first-order valence-electron chi connectivity index (χ1n) is 10.9. The normalized spacial score (nSPS) is 13.7. The fraction of sp³-hybridized carbons (Fsp3) is 0.591. The fourth-order valence-corrected chi connectivity index (χ4v) is 5.56. The summed E-state index contributed by atoms with van der Waals surface area (Å²) in [6.07, 6.45) is 8.84. The molecule has 0 radical (unpaired) electrons. The van der Waals surface area contributed by atoms with Gasteiger partial charge < -0.3 is 10.2 Å². The molecule has 0 amide bonds. The summed E-state index contributed by atoms with van der Waals surface area (Å²) in [5, 5.41) is 4.87. The third-order valence-corrected chi connectivity index (χ3v) is 7.18. The van der Waals surface area contributed by atoms with Crippen LogP contribution in [0.15, 0.2) is 6.33 Å². The van der Waals surface area contributed by atoms with Gasteiger partial charge in [0.15, 0.2) is 0 Å². The summed E-state index contributed by atoms with van der Waals surface area (Å²) in [7, 11) is 0. The highest BCUT2D eigenvalue weighted by Gasteiger charge is 2.24. The van der Waals surface area contributed by atoms with Crippen molar-refractivity contribution in [3.05, 3.63) is 23.1 Å². The van der Waals surface area contributed by atoms with Crippen molar-refractivity contribution in [3.63, 3.8) is 0 Å². The van der Waals surface area contributed by atoms with Crippen LogP contribution in [0.4, 0.5) is 5.82 Å². The minimum atomic E-state index is 0.935. The van der Waals surface area contributed by atoms with Gasteiger partial charge in [-0.2, -0.15) is 0 Å². The number of nitrogens with zero attached hydrogens (tertiary/aromatic N) is 3. The lowest BCUT2D eigenvalue weighted by Crippen LogP contribution is -3.12. The van der Waals surface area contributed by atoms with E-state index >= 15 is 0 Å². The molecule has 0 spiro atoms. The number of aromatic nitrogens is 3. The van der Waals surface area contributed by atoms with Gasteiger partial charge >= 0.3 is 0 Å². The van der Waals surface area contributed by atoms with Crippen LogP contribution >= 0.6 is 11.3 Å². The SMILES string of the molecule is CCCCc1nc2sc3c(NCC[NH+](CC)CC)ncnc3c2c2c1CCC2. The summed E-state index contributed by atoms with van der Waals surface area (Å²) in [6.45, 7) is 11.1. The minimum Gasteiger partial charge on any atom is -0.363 e. The van der Waals surface area contributed by atoms with E-state index in [1.807, 2.05) is 0 Å². The zero-order valence-corrected chi connectivity index (χ0v) is 18.2. The summed E-state index contributed by atoms with van der Waals surface area (Å²) in [5.74, 6) is 0.974. The number of hydrogen-bond donors (Lipinski definition) is 2. The number of pyridine rings is 1. The molecule has 4 rings (SSSR count). The molecular formula is C22H32N5S+. The van der Waals surface area contributed by atoms with Gasteiger partial charge in [-0.15, -0.1) is 11.3 Å². The average molecular weight is 399 g/mol. The average Bonchev–Trinajstić information content (AvgIpc) is 3.34. The summed E-state index contributed by atoms with van der Waals surface area (Å²) in [4.78, 5) is 17.1. The van der Waals surface area contributed by atoms with Crippen molar-refractivity contribution >= 4 is 37.6 Å². The second-order valence-corrected chi connectivity index (χ2v) is 8.79. The fourth-order valence-electron chi connectivity index (χ4n) is 4.41. The number of rotatable bonds is 9. The zero-order valence-electron chi connectivity index (χ0n) is 17.4. The lowest BCUT2D eigenvalue weighted by molar-refractivity contribution is -0.894. The number of quaternary nitrogens is 1. The van der Waals surface area contributed by atoms with Crippen LogP contribution in [0, 0.1) is 0 Å². The lowest BCUT2D eigenvalue weighted by atomic mass is 10.0. The van der Waals surface area contributed by atoms with E-state index in [0.717, 1.165) is 55.2 Å². The van der Waals surface area contributed by atoms with Gasteiger partial charge in [0.25, 0.3) is 0 Å². The second-order valence-electron chi connectivity index (χ2n) is 7.79. The topological polar surface area (TPSA) is 55.1 Å². The minimum absolute atomic E-state index is 0.935. The Bertz CT molecular complexity index is 961. The molecule has 3 aromatic rings. The van der Waals surface area contributed by atoms with Crippen molar-refractivity contribution in [2.24, 2.45) is 0 Å². The van der Waals surface area contributed by atoms with Crippen molar-refractivity contribution in [1.82, 2.24) is 15.0 Å².